The van der Waals surface area contributed by atoms with Crippen LogP contribution in [0.5, 0.6) is 0 Å². The van der Waals surface area contributed by atoms with Crippen molar-refractivity contribution in [2.75, 3.05) is 5.75 Å². The molecule has 0 aromatic rings. The van der Waals surface area contributed by atoms with Crippen LogP contribution in [0.25, 0.3) is 0 Å². The highest BCUT2D eigenvalue weighted by molar-refractivity contribution is 8.13. The average Bonchev–Trinajstić information content (AvgIpc) is 2.38. The molecule has 0 spiro atoms. The van der Waals surface area contributed by atoms with E-state index in [1.165, 1.54) is 64.2 Å². The van der Waals surface area contributed by atoms with E-state index in [0.29, 0.717) is 5.12 Å². The van der Waals surface area contributed by atoms with Gasteiger partial charge in [-0.25, -0.2) is 0 Å². The van der Waals surface area contributed by atoms with Crippen LogP contribution in [-0.2, 0) is 4.79 Å². The zero-order chi connectivity index (χ0) is 13.5. The predicted molar refractivity (Wildman–Crippen MR) is 84.2 cm³/mol. The van der Waals surface area contributed by atoms with Crippen LogP contribution in [0.1, 0.15) is 90.9 Å². The minimum atomic E-state index is 0.418. The number of hydrogen-bond donors (Lipinski definition) is 0. The highest BCUT2D eigenvalue weighted by Crippen LogP contribution is 2.14. The maximum absolute atomic E-state index is 11.6. The third-order valence-corrected chi connectivity index (χ3v) is 4.26. The lowest BCUT2D eigenvalue weighted by Gasteiger charge is -2.02. The van der Waals surface area contributed by atoms with Gasteiger partial charge in [0, 0.05) is 12.2 Å². The Bertz CT molecular complexity index is 162. The van der Waals surface area contributed by atoms with Gasteiger partial charge in [0.05, 0.1) is 0 Å². The van der Waals surface area contributed by atoms with Crippen molar-refractivity contribution in [3.63, 3.8) is 0 Å². The monoisotopic (exact) mass is 272 g/mol. The zero-order valence-corrected chi connectivity index (χ0v) is 13.3. The molecule has 0 aliphatic rings. The molecule has 0 rings (SSSR count). The Balaban J connectivity index is 3.12. The summed E-state index contributed by atoms with van der Waals surface area (Å²) in [4.78, 5) is 11.6. The lowest BCUT2D eigenvalue weighted by molar-refractivity contribution is -0.111. The average molecular weight is 272 g/mol. The van der Waals surface area contributed by atoms with Gasteiger partial charge in [0.1, 0.15) is 0 Å². The third kappa shape index (κ3) is 14.1. The Morgan fingerprint density at radius 3 is 1.83 bits per heavy atom. The molecule has 0 amide bonds. The van der Waals surface area contributed by atoms with Gasteiger partial charge in [-0.15, -0.1) is 0 Å². The van der Waals surface area contributed by atoms with Crippen LogP contribution in [0.3, 0.4) is 0 Å². The zero-order valence-electron chi connectivity index (χ0n) is 12.5. The Kier molecular flexibility index (Phi) is 15.1. The van der Waals surface area contributed by atoms with Gasteiger partial charge in [-0.1, -0.05) is 83.4 Å². The number of carbonyl (C=O) groups is 1. The van der Waals surface area contributed by atoms with Crippen LogP contribution in [0.15, 0.2) is 0 Å². The summed E-state index contributed by atoms with van der Waals surface area (Å²) in [5.74, 6) is 1.04. The molecule has 0 aliphatic heterocycles. The standard InChI is InChI=1S/C16H32OS/c1-3-5-7-9-10-12-14-16(17)18-15-13-11-8-6-4-2/h3-15H2,1-2H3. The number of unbranched alkanes of at least 4 members (excludes halogenated alkanes) is 9. The molecule has 0 heterocycles. The van der Waals surface area contributed by atoms with Crippen molar-refractivity contribution in [3.8, 4) is 0 Å². The number of carbonyl (C=O) groups excluding carboxylic acids is 1. The second-order valence-corrected chi connectivity index (χ2v) is 6.30. The van der Waals surface area contributed by atoms with E-state index in [4.69, 9.17) is 0 Å². The van der Waals surface area contributed by atoms with Crippen LogP contribution in [-0.4, -0.2) is 10.9 Å². The molecule has 0 aromatic carbocycles. The molecular weight excluding hydrogens is 240 g/mol. The fourth-order valence-electron chi connectivity index (χ4n) is 2.01. The summed E-state index contributed by atoms with van der Waals surface area (Å²) in [6.07, 6.45) is 14.9. The summed E-state index contributed by atoms with van der Waals surface area (Å²) >= 11 is 1.56. The molecule has 0 saturated carbocycles. The quantitative estimate of drug-likeness (QED) is 0.384. The summed E-state index contributed by atoms with van der Waals surface area (Å²) in [6.45, 7) is 4.47. The molecule has 18 heavy (non-hydrogen) atoms. The van der Waals surface area contributed by atoms with Crippen LogP contribution in [0.2, 0.25) is 0 Å². The van der Waals surface area contributed by atoms with E-state index in [9.17, 15) is 4.79 Å². The minimum Gasteiger partial charge on any atom is -0.287 e. The van der Waals surface area contributed by atoms with Gasteiger partial charge in [-0.3, -0.25) is 4.79 Å². The SMILES string of the molecule is CCCCCCCCC(=O)SCCCCCCC. The van der Waals surface area contributed by atoms with Crippen LogP contribution in [0.4, 0.5) is 0 Å². The largest absolute Gasteiger partial charge is 0.287 e. The number of rotatable bonds is 13. The summed E-state index contributed by atoms with van der Waals surface area (Å²) in [6, 6.07) is 0. The second kappa shape index (κ2) is 15.1. The van der Waals surface area contributed by atoms with Crippen molar-refractivity contribution in [3.05, 3.63) is 0 Å². The lowest BCUT2D eigenvalue weighted by Crippen LogP contribution is -1.94. The maximum Gasteiger partial charge on any atom is 0.188 e. The van der Waals surface area contributed by atoms with Crippen molar-refractivity contribution >= 4 is 16.9 Å². The van der Waals surface area contributed by atoms with E-state index in [1.54, 1.807) is 11.8 Å². The Morgan fingerprint density at radius 1 is 0.722 bits per heavy atom. The van der Waals surface area contributed by atoms with Crippen molar-refractivity contribution in [1.29, 1.82) is 0 Å². The smallest absolute Gasteiger partial charge is 0.188 e. The van der Waals surface area contributed by atoms with Gasteiger partial charge in [0.2, 0.25) is 0 Å². The highest BCUT2D eigenvalue weighted by atomic mass is 32.2. The molecule has 0 saturated heterocycles. The molecule has 108 valence electrons. The first-order valence-corrected chi connectivity index (χ1v) is 8.95. The molecule has 0 atom stereocenters. The Labute approximate surface area is 118 Å². The predicted octanol–water partition coefficient (Wildman–Crippen LogP) is 5.97. The van der Waals surface area contributed by atoms with Crippen molar-refractivity contribution in [2.45, 2.75) is 90.9 Å². The molecule has 1 nitrogen and oxygen atoms in total. The first-order chi connectivity index (χ1) is 8.81. The summed E-state index contributed by atoms with van der Waals surface area (Å²) in [5, 5.41) is 0.418. The van der Waals surface area contributed by atoms with E-state index in [-0.39, 0.29) is 0 Å². The van der Waals surface area contributed by atoms with E-state index in [1.807, 2.05) is 0 Å². The van der Waals surface area contributed by atoms with Gasteiger partial charge in [0.25, 0.3) is 0 Å². The van der Waals surface area contributed by atoms with Gasteiger partial charge >= 0.3 is 0 Å². The van der Waals surface area contributed by atoms with Gasteiger partial charge < -0.3 is 0 Å². The van der Waals surface area contributed by atoms with E-state index < -0.39 is 0 Å². The van der Waals surface area contributed by atoms with Gasteiger partial charge in [-0.2, -0.15) is 0 Å². The fourth-order valence-corrected chi connectivity index (χ4v) is 2.88. The van der Waals surface area contributed by atoms with Crippen molar-refractivity contribution < 1.29 is 4.79 Å². The number of thioether (sulfide) groups is 1. The Hall–Kier alpha value is 0.0200. The second-order valence-electron chi connectivity index (χ2n) is 5.15. The normalized spacial score (nSPS) is 10.8. The van der Waals surface area contributed by atoms with Gasteiger partial charge in [-0.05, 0) is 12.8 Å². The lowest BCUT2D eigenvalue weighted by atomic mass is 10.1. The molecule has 0 unspecified atom stereocenters. The van der Waals surface area contributed by atoms with Crippen molar-refractivity contribution in [2.24, 2.45) is 0 Å². The summed E-state index contributed by atoms with van der Waals surface area (Å²) in [5.41, 5.74) is 0. The highest BCUT2D eigenvalue weighted by Gasteiger charge is 2.02. The molecule has 0 bridgehead atoms. The summed E-state index contributed by atoms with van der Waals surface area (Å²) in [7, 11) is 0. The fraction of sp³-hybridized carbons (Fsp3) is 0.938. The van der Waals surface area contributed by atoms with E-state index in [0.717, 1.165) is 18.6 Å². The molecular formula is C16H32OS. The van der Waals surface area contributed by atoms with Crippen molar-refractivity contribution in [1.82, 2.24) is 0 Å². The molecule has 0 aromatic heterocycles. The third-order valence-electron chi connectivity index (χ3n) is 3.25. The van der Waals surface area contributed by atoms with Gasteiger partial charge in [0.15, 0.2) is 5.12 Å². The van der Waals surface area contributed by atoms with Crippen LogP contribution < -0.4 is 0 Å². The maximum atomic E-state index is 11.6. The first kappa shape index (κ1) is 18.0. The van der Waals surface area contributed by atoms with E-state index >= 15 is 0 Å². The van der Waals surface area contributed by atoms with Crippen LogP contribution >= 0.6 is 11.8 Å². The van der Waals surface area contributed by atoms with Crippen LogP contribution in [0, 0.1) is 0 Å². The first-order valence-electron chi connectivity index (χ1n) is 7.96. The number of hydrogen-bond acceptors (Lipinski definition) is 2. The Morgan fingerprint density at radius 2 is 1.22 bits per heavy atom. The minimum absolute atomic E-state index is 0.418. The molecule has 0 N–H and O–H groups in total. The molecule has 0 radical (unpaired) electrons. The summed E-state index contributed by atoms with van der Waals surface area (Å²) < 4.78 is 0. The molecule has 0 aliphatic carbocycles. The molecule has 2 heteroatoms. The topological polar surface area (TPSA) is 17.1 Å². The van der Waals surface area contributed by atoms with E-state index in [2.05, 4.69) is 13.8 Å². The molecule has 0 fully saturated rings.